The summed E-state index contributed by atoms with van der Waals surface area (Å²) in [4.78, 5) is 34.6. The first-order chi connectivity index (χ1) is 10.1. The molecule has 0 radical (unpaired) electrons. The van der Waals surface area contributed by atoms with Gasteiger partial charge in [-0.05, 0) is 6.42 Å². The number of amides is 2. The van der Waals surface area contributed by atoms with Gasteiger partial charge in [-0.3, -0.25) is 19.3 Å². The van der Waals surface area contributed by atoms with Crippen molar-refractivity contribution in [1.82, 2.24) is 4.90 Å². The van der Waals surface area contributed by atoms with Crippen molar-refractivity contribution < 1.29 is 28.6 Å². The molecule has 1 rings (SSSR count). The third kappa shape index (κ3) is 7.01. The molecule has 0 aromatic carbocycles. The highest BCUT2D eigenvalue weighted by Crippen LogP contribution is 2.02. The van der Waals surface area contributed by atoms with Gasteiger partial charge in [-0.15, -0.1) is 0 Å². The third-order valence-corrected chi connectivity index (χ3v) is 2.68. The van der Waals surface area contributed by atoms with Crippen molar-refractivity contribution in [2.45, 2.75) is 19.8 Å². The molecule has 0 aromatic heterocycles. The number of imide groups is 1. The molecular weight excluding hydrogens is 278 g/mol. The quantitative estimate of drug-likeness (QED) is 0.310. The average molecular weight is 299 g/mol. The van der Waals surface area contributed by atoms with Crippen molar-refractivity contribution in [3.8, 4) is 0 Å². The minimum atomic E-state index is -0.311. The number of nitrogens with zero attached hydrogens (tertiary/aromatic N) is 1. The first-order valence-corrected chi connectivity index (χ1v) is 6.99. The predicted molar refractivity (Wildman–Crippen MR) is 73.4 cm³/mol. The van der Waals surface area contributed by atoms with Crippen molar-refractivity contribution in [2.75, 3.05) is 39.6 Å². The minimum absolute atomic E-state index is 0.217. The number of hydrogen-bond donors (Lipinski definition) is 0. The Morgan fingerprint density at radius 3 is 2.19 bits per heavy atom. The first-order valence-electron chi connectivity index (χ1n) is 6.99. The first kappa shape index (κ1) is 17.3. The maximum atomic E-state index is 11.2. The summed E-state index contributed by atoms with van der Waals surface area (Å²) in [5.41, 5.74) is 0. The molecule has 1 heterocycles. The van der Waals surface area contributed by atoms with E-state index in [0.29, 0.717) is 26.2 Å². The van der Waals surface area contributed by atoms with Crippen LogP contribution in [-0.2, 0) is 28.6 Å². The van der Waals surface area contributed by atoms with E-state index in [4.69, 9.17) is 14.2 Å². The Labute approximate surface area is 123 Å². The zero-order valence-electron chi connectivity index (χ0n) is 12.2. The standard InChI is InChI=1S/C14H21NO6/c1-2-3-14(18)21-11-10-20-9-8-19-7-6-15-12(16)4-5-13(15)17/h4-5H,2-3,6-11H2,1H3. The number of carbonyl (C=O) groups is 3. The van der Waals surface area contributed by atoms with E-state index >= 15 is 0 Å². The zero-order chi connectivity index (χ0) is 15.5. The Hall–Kier alpha value is -1.73. The van der Waals surface area contributed by atoms with Gasteiger partial charge in [-0.25, -0.2) is 0 Å². The van der Waals surface area contributed by atoms with Gasteiger partial charge in [-0.2, -0.15) is 0 Å². The molecule has 1 aliphatic rings. The maximum absolute atomic E-state index is 11.2. The molecule has 21 heavy (non-hydrogen) atoms. The van der Waals surface area contributed by atoms with E-state index in [1.807, 2.05) is 6.92 Å². The van der Waals surface area contributed by atoms with Gasteiger partial charge in [0.1, 0.15) is 6.61 Å². The normalized spacial score (nSPS) is 14.0. The van der Waals surface area contributed by atoms with Crippen molar-refractivity contribution in [1.29, 1.82) is 0 Å². The third-order valence-electron chi connectivity index (χ3n) is 2.68. The molecule has 0 N–H and O–H groups in total. The molecule has 0 atom stereocenters. The minimum Gasteiger partial charge on any atom is -0.463 e. The van der Waals surface area contributed by atoms with Crippen LogP contribution in [0.5, 0.6) is 0 Å². The topological polar surface area (TPSA) is 82.1 Å². The molecule has 0 saturated carbocycles. The molecule has 0 aromatic rings. The molecule has 2 amide bonds. The predicted octanol–water partition coefficient (Wildman–Crippen LogP) is 0.288. The highest BCUT2D eigenvalue weighted by Gasteiger charge is 2.22. The Balaban J connectivity index is 1.88. The number of ether oxygens (including phenoxy) is 3. The smallest absolute Gasteiger partial charge is 0.305 e. The van der Waals surface area contributed by atoms with Crippen LogP contribution in [0, 0.1) is 0 Å². The number of rotatable bonds is 11. The SMILES string of the molecule is CCCC(=O)OCCOCCOCCN1C(=O)C=CC1=O. The van der Waals surface area contributed by atoms with Crippen molar-refractivity contribution in [3.05, 3.63) is 12.2 Å². The van der Waals surface area contributed by atoms with Gasteiger partial charge in [0.25, 0.3) is 11.8 Å². The summed E-state index contributed by atoms with van der Waals surface area (Å²) < 4.78 is 15.4. The van der Waals surface area contributed by atoms with Crippen LogP contribution < -0.4 is 0 Å². The molecule has 0 unspecified atom stereocenters. The van der Waals surface area contributed by atoms with Gasteiger partial charge in [-0.1, -0.05) is 6.92 Å². The van der Waals surface area contributed by atoms with Crippen LogP contribution in [0.1, 0.15) is 19.8 Å². The lowest BCUT2D eigenvalue weighted by atomic mass is 10.3. The fourth-order valence-electron chi connectivity index (χ4n) is 1.62. The van der Waals surface area contributed by atoms with E-state index in [9.17, 15) is 14.4 Å². The van der Waals surface area contributed by atoms with Crippen LogP contribution >= 0.6 is 0 Å². The molecule has 0 saturated heterocycles. The molecule has 1 aliphatic heterocycles. The molecule has 0 spiro atoms. The van der Waals surface area contributed by atoms with Gasteiger partial charge < -0.3 is 14.2 Å². The molecule has 0 bridgehead atoms. The molecule has 7 heteroatoms. The number of esters is 1. The van der Waals surface area contributed by atoms with Gasteiger partial charge >= 0.3 is 5.97 Å². The highest BCUT2D eigenvalue weighted by atomic mass is 16.6. The Bertz CT molecular complexity index is 375. The van der Waals surface area contributed by atoms with E-state index in [1.165, 1.54) is 12.2 Å². The highest BCUT2D eigenvalue weighted by molar-refractivity contribution is 6.12. The van der Waals surface area contributed by atoms with Crippen molar-refractivity contribution in [2.24, 2.45) is 0 Å². The summed E-state index contributed by atoms with van der Waals surface area (Å²) in [5.74, 6) is -0.839. The second-order valence-electron chi connectivity index (χ2n) is 4.36. The summed E-state index contributed by atoms with van der Waals surface area (Å²) in [6.07, 6.45) is 3.67. The molecule has 7 nitrogen and oxygen atoms in total. The number of carbonyl (C=O) groups excluding carboxylic acids is 3. The Kier molecular flexibility index (Phi) is 8.30. The van der Waals surface area contributed by atoms with Crippen LogP contribution in [0.3, 0.4) is 0 Å². The summed E-state index contributed by atoms with van der Waals surface area (Å²) in [6, 6.07) is 0. The van der Waals surface area contributed by atoms with Crippen molar-refractivity contribution in [3.63, 3.8) is 0 Å². The zero-order valence-corrected chi connectivity index (χ0v) is 12.2. The lowest BCUT2D eigenvalue weighted by molar-refractivity contribution is -0.145. The van der Waals surface area contributed by atoms with Gasteiger partial charge in [0.15, 0.2) is 0 Å². The van der Waals surface area contributed by atoms with Crippen LogP contribution in [0.2, 0.25) is 0 Å². The summed E-state index contributed by atoms with van der Waals surface area (Å²) >= 11 is 0. The van der Waals surface area contributed by atoms with E-state index in [1.54, 1.807) is 0 Å². The van der Waals surface area contributed by atoms with Crippen molar-refractivity contribution >= 4 is 17.8 Å². The summed E-state index contributed by atoms with van der Waals surface area (Å²) in [7, 11) is 0. The second kappa shape index (κ2) is 10.1. The Morgan fingerprint density at radius 2 is 1.57 bits per heavy atom. The largest absolute Gasteiger partial charge is 0.463 e. The molecule has 118 valence electrons. The van der Waals surface area contributed by atoms with Gasteiger partial charge in [0.05, 0.1) is 33.0 Å². The maximum Gasteiger partial charge on any atom is 0.305 e. The monoisotopic (exact) mass is 299 g/mol. The van der Waals surface area contributed by atoms with E-state index in [0.717, 1.165) is 11.3 Å². The second-order valence-corrected chi connectivity index (χ2v) is 4.36. The molecule has 0 aliphatic carbocycles. The van der Waals surface area contributed by atoms with Crippen LogP contribution in [0.15, 0.2) is 12.2 Å². The van der Waals surface area contributed by atoms with Crippen LogP contribution in [0.4, 0.5) is 0 Å². The molecule has 0 fully saturated rings. The fourth-order valence-corrected chi connectivity index (χ4v) is 1.62. The van der Waals surface area contributed by atoms with Gasteiger partial charge in [0, 0.05) is 18.6 Å². The van der Waals surface area contributed by atoms with Crippen LogP contribution in [-0.4, -0.2) is 62.3 Å². The Morgan fingerprint density at radius 1 is 1.00 bits per heavy atom. The van der Waals surface area contributed by atoms with E-state index in [-0.39, 0.29) is 37.5 Å². The summed E-state index contributed by atoms with van der Waals surface area (Å²) in [6.45, 7) is 3.70. The fraction of sp³-hybridized carbons (Fsp3) is 0.643. The number of hydrogen-bond acceptors (Lipinski definition) is 6. The summed E-state index contributed by atoms with van der Waals surface area (Å²) in [5, 5.41) is 0. The molecular formula is C14H21NO6. The average Bonchev–Trinajstić information content (AvgIpc) is 2.77. The van der Waals surface area contributed by atoms with Crippen LogP contribution in [0.25, 0.3) is 0 Å². The lowest BCUT2D eigenvalue weighted by Crippen LogP contribution is -2.33. The van der Waals surface area contributed by atoms with E-state index in [2.05, 4.69) is 0 Å². The van der Waals surface area contributed by atoms with E-state index < -0.39 is 0 Å². The van der Waals surface area contributed by atoms with Gasteiger partial charge in [0.2, 0.25) is 0 Å². The lowest BCUT2D eigenvalue weighted by Gasteiger charge is -2.13.